The van der Waals surface area contributed by atoms with E-state index in [2.05, 4.69) is 15.5 Å². The summed E-state index contributed by atoms with van der Waals surface area (Å²) in [7, 11) is 1.57. The molecule has 4 rings (SSSR count). The van der Waals surface area contributed by atoms with Gasteiger partial charge in [-0.1, -0.05) is 54.1 Å². The molecule has 0 radical (unpaired) electrons. The number of ketones is 1. The highest BCUT2D eigenvalue weighted by Crippen LogP contribution is 2.30. The second-order valence-corrected chi connectivity index (χ2v) is 7.20. The van der Waals surface area contributed by atoms with Gasteiger partial charge in [0.2, 0.25) is 0 Å². The molecule has 8 heteroatoms. The maximum absolute atomic E-state index is 12.6. The van der Waals surface area contributed by atoms with Crippen LogP contribution in [-0.4, -0.2) is 33.1 Å². The Kier molecular flexibility index (Phi) is 6.57. The van der Waals surface area contributed by atoms with Crippen molar-refractivity contribution in [1.29, 1.82) is 0 Å². The molecule has 0 spiro atoms. The number of hydrogen-bond donors (Lipinski definition) is 0. The highest BCUT2D eigenvalue weighted by Gasteiger charge is 2.08. The SMILES string of the molecule is COc1cc(/C=C/C(=O)c2cccc(-n3cnnn3)c2)ccc1OCc1ccccc1Cl. The number of hydrogen-bond acceptors (Lipinski definition) is 6. The number of carbonyl (C=O) groups is 1. The van der Waals surface area contributed by atoms with Crippen LogP contribution in [0.4, 0.5) is 0 Å². The summed E-state index contributed by atoms with van der Waals surface area (Å²) in [5, 5.41) is 11.7. The highest BCUT2D eigenvalue weighted by molar-refractivity contribution is 6.31. The Balaban J connectivity index is 1.46. The van der Waals surface area contributed by atoms with Crippen molar-refractivity contribution in [1.82, 2.24) is 20.2 Å². The summed E-state index contributed by atoms with van der Waals surface area (Å²) in [4.78, 5) is 12.6. The summed E-state index contributed by atoms with van der Waals surface area (Å²) >= 11 is 6.19. The molecular weight excluding hydrogens is 428 g/mol. The number of ether oxygens (including phenoxy) is 2. The molecule has 0 aliphatic rings. The van der Waals surface area contributed by atoms with Crippen LogP contribution >= 0.6 is 11.6 Å². The lowest BCUT2D eigenvalue weighted by atomic mass is 10.1. The van der Waals surface area contributed by atoms with E-state index in [0.717, 1.165) is 11.1 Å². The topological polar surface area (TPSA) is 79.1 Å². The van der Waals surface area contributed by atoms with Crippen LogP contribution in [0.2, 0.25) is 5.02 Å². The van der Waals surface area contributed by atoms with Crippen molar-refractivity contribution in [3.05, 3.63) is 101 Å². The molecule has 0 unspecified atom stereocenters. The summed E-state index contributed by atoms with van der Waals surface area (Å²) < 4.78 is 12.8. The van der Waals surface area contributed by atoms with E-state index in [-0.39, 0.29) is 5.78 Å². The lowest BCUT2D eigenvalue weighted by Crippen LogP contribution is -2.00. The molecule has 4 aromatic rings. The predicted molar refractivity (Wildman–Crippen MR) is 121 cm³/mol. The van der Waals surface area contributed by atoms with Crippen LogP contribution < -0.4 is 9.47 Å². The lowest BCUT2D eigenvalue weighted by Gasteiger charge is -2.12. The first-order valence-corrected chi connectivity index (χ1v) is 10.1. The van der Waals surface area contributed by atoms with Gasteiger partial charge in [-0.3, -0.25) is 4.79 Å². The van der Waals surface area contributed by atoms with Crippen molar-refractivity contribution in [2.45, 2.75) is 6.61 Å². The molecule has 0 fully saturated rings. The van der Waals surface area contributed by atoms with Crippen molar-refractivity contribution < 1.29 is 14.3 Å². The van der Waals surface area contributed by atoms with E-state index >= 15 is 0 Å². The zero-order valence-electron chi connectivity index (χ0n) is 17.2. The first-order chi connectivity index (χ1) is 15.6. The minimum atomic E-state index is -0.141. The van der Waals surface area contributed by atoms with Gasteiger partial charge in [-0.25, -0.2) is 4.68 Å². The fourth-order valence-electron chi connectivity index (χ4n) is 3.03. The van der Waals surface area contributed by atoms with E-state index in [9.17, 15) is 4.79 Å². The molecule has 0 aliphatic carbocycles. The van der Waals surface area contributed by atoms with Crippen molar-refractivity contribution >= 4 is 23.5 Å². The normalized spacial score (nSPS) is 10.9. The van der Waals surface area contributed by atoms with Crippen LogP contribution in [-0.2, 0) is 6.61 Å². The Hall–Kier alpha value is -3.97. The maximum atomic E-state index is 12.6. The fraction of sp³-hybridized carbons (Fsp3) is 0.0833. The van der Waals surface area contributed by atoms with Gasteiger partial charge >= 0.3 is 0 Å². The van der Waals surface area contributed by atoms with Crippen molar-refractivity contribution in [2.75, 3.05) is 7.11 Å². The van der Waals surface area contributed by atoms with E-state index in [1.54, 1.807) is 37.5 Å². The van der Waals surface area contributed by atoms with E-state index in [0.29, 0.717) is 34.4 Å². The molecule has 7 nitrogen and oxygen atoms in total. The van der Waals surface area contributed by atoms with Crippen LogP contribution in [0.1, 0.15) is 21.5 Å². The van der Waals surface area contributed by atoms with Crippen molar-refractivity contribution in [3.8, 4) is 17.2 Å². The molecule has 3 aromatic carbocycles. The summed E-state index contributed by atoms with van der Waals surface area (Å²) in [6.07, 6.45) is 4.71. The number of carbonyl (C=O) groups excluding carboxylic acids is 1. The van der Waals surface area contributed by atoms with Crippen LogP contribution in [0, 0.1) is 0 Å². The Bertz CT molecular complexity index is 1260. The van der Waals surface area contributed by atoms with Crippen LogP contribution in [0.25, 0.3) is 11.8 Å². The van der Waals surface area contributed by atoms with E-state index in [1.807, 2.05) is 42.5 Å². The molecule has 0 saturated heterocycles. The molecule has 1 aromatic heterocycles. The van der Waals surface area contributed by atoms with Gasteiger partial charge in [0, 0.05) is 16.1 Å². The van der Waals surface area contributed by atoms with Gasteiger partial charge in [0.25, 0.3) is 0 Å². The first kappa shape index (κ1) is 21.3. The summed E-state index contributed by atoms with van der Waals surface area (Å²) in [6, 6.07) is 20.1. The Morgan fingerprint density at radius 1 is 1.06 bits per heavy atom. The summed E-state index contributed by atoms with van der Waals surface area (Å²) in [6.45, 7) is 0.321. The second kappa shape index (κ2) is 9.89. The predicted octanol–water partition coefficient (Wildman–Crippen LogP) is 4.80. The van der Waals surface area contributed by atoms with Crippen LogP contribution in [0.15, 0.2) is 79.1 Å². The second-order valence-electron chi connectivity index (χ2n) is 6.79. The largest absolute Gasteiger partial charge is 0.493 e. The van der Waals surface area contributed by atoms with Crippen LogP contribution in [0.3, 0.4) is 0 Å². The standard InChI is InChI=1S/C24H19ClN4O3/c1-31-24-13-17(10-12-23(24)32-15-19-5-2-3-8-21(19)25)9-11-22(30)18-6-4-7-20(14-18)29-16-26-27-28-29/h2-14,16H,15H2,1H3/b11-9+. The average Bonchev–Trinajstić information content (AvgIpc) is 3.37. The number of tetrazole rings is 1. The van der Waals surface area contributed by atoms with E-state index < -0.39 is 0 Å². The number of benzene rings is 3. The third-order valence-corrected chi connectivity index (χ3v) is 5.07. The molecule has 1 heterocycles. The van der Waals surface area contributed by atoms with Gasteiger partial charge in [0.15, 0.2) is 17.3 Å². The van der Waals surface area contributed by atoms with Gasteiger partial charge in [-0.05, 0) is 52.4 Å². The zero-order valence-corrected chi connectivity index (χ0v) is 17.9. The fourth-order valence-corrected chi connectivity index (χ4v) is 3.22. The quantitative estimate of drug-likeness (QED) is 0.286. The third kappa shape index (κ3) is 5.01. The van der Waals surface area contributed by atoms with Gasteiger partial charge in [-0.15, -0.1) is 5.10 Å². The van der Waals surface area contributed by atoms with Crippen LogP contribution in [0.5, 0.6) is 11.5 Å². The molecule has 160 valence electrons. The number of halogens is 1. The molecule has 0 saturated carbocycles. The Labute approximate surface area is 189 Å². The minimum absolute atomic E-state index is 0.141. The summed E-state index contributed by atoms with van der Waals surface area (Å²) in [5.41, 5.74) is 2.92. The van der Waals surface area contributed by atoms with Crippen molar-refractivity contribution in [3.63, 3.8) is 0 Å². The molecular formula is C24H19ClN4O3. The van der Waals surface area contributed by atoms with E-state index in [1.165, 1.54) is 17.1 Å². The Morgan fingerprint density at radius 2 is 1.94 bits per heavy atom. The molecule has 0 bridgehead atoms. The lowest BCUT2D eigenvalue weighted by molar-refractivity contribution is 0.104. The molecule has 0 N–H and O–H groups in total. The number of rotatable bonds is 8. The summed E-state index contributed by atoms with van der Waals surface area (Å²) in [5.74, 6) is 1.01. The number of nitrogens with zero attached hydrogens (tertiary/aromatic N) is 4. The first-order valence-electron chi connectivity index (χ1n) is 9.74. The average molecular weight is 447 g/mol. The molecule has 0 atom stereocenters. The highest BCUT2D eigenvalue weighted by atomic mass is 35.5. The van der Waals surface area contributed by atoms with Gasteiger partial charge in [0.1, 0.15) is 12.9 Å². The molecule has 32 heavy (non-hydrogen) atoms. The third-order valence-electron chi connectivity index (χ3n) is 4.70. The van der Waals surface area contributed by atoms with Gasteiger partial charge < -0.3 is 9.47 Å². The number of aromatic nitrogens is 4. The van der Waals surface area contributed by atoms with Gasteiger partial charge in [0.05, 0.1) is 12.8 Å². The van der Waals surface area contributed by atoms with Gasteiger partial charge in [-0.2, -0.15) is 0 Å². The number of methoxy groups -OCH3 is 1. The maximum Gasteiger partial charge on any atom is 0.185 e. The van der Waals surface area contributed by atoms with E-state index in [4.69, 9.17) is 21.1 Å². The molecule has 0 aliphatic heterocycles. The number of allylic oxidation sites excluding steroid dienone is 1. The monoisotopic (exact) mass is 446 g/mol. The molecule has 0 amide bonds. The minimum Gasteiger partial charge on any atom is -0.493 e. The smallest absolute Gasteiger partial charge is 0.185 e. The zero-order chi connectivity index (χ0) is 22.3. The van der Waals surface area contributed by atoms with Crippen molar-refractivity contribution in [2.24, 2.45) is 0 Å². The Morgan fingerprint density at radius 3 is 2.72 bits per heavy atom.